The van der Waals surface area contributed by atoms with Gasteiger partial charge in [-0.2, -0.15) is 0 Å². The minimum absolute atomic E-state index is 0.618. The Bertz CT molecular complexity index is 885. The molecule has 0 spiro atoms. The predicted octanol–water partition coefficient (Wildman–Crippen LogP) is 4.09. The average Bonchev–Trinajstić information content (AvgIpc) is 2.66. The van der Waals surface area contributed by atoms with Gasteiger partial charge in [0.1, 0.15) is 5.03 Å². The highest BCUT2D eigenvalue weighted by atomic mass is 32.2. The molecule has 3 heterocycles. The van der Waals surface area contributed by atoms with Gasteiger partial charge in [-0.1, -0.05) is 17.8 Å². The van der Waals surface area contributed by atoms with Crippen molar-refractivity contribution in [3.63, 3.8) is 0 Å². The first-order valence-corrected chi connectivity index (χ1v) is 8.85. The molecule has 0 bridgehead atoms. The van der Waals surface area contributed by atoms with Crippen molar-refractivity contribution in [2.24, 2.45) is 0 Å². The molecule has 7 heteroatoms. The third-order valence-electron chi connectivity index (χ3n) is 3.69. The van der Waals surface area contributed by atoms with Crippen molar-refractivity contribution in [1.82, 2.24) is 15.0 Å². The van der Waals surface area contributed by atoms with Crippen molar-refractivity contribution >= 4 is 29.0 Å². The second-order valence-electron chi connectivity index (χ2n) is 5.44. The minimum Gasteiger partial charge on any atom is -0.478 e. The highest BCUT2D eigenvalue weighted by Crippen LogP contribution is 2.42. The molecular formula is C18H17N5OS. The van der Waals surface area contributed by atoms with E-state index < -0.39 is 0 Å². The Balaban J connectivity index is 1.44. The van der Waals surface area contributed by atoms with E-state index in [9.17, 15) is 0 Å². The van der Waals surface area contributed by atoms with Crippen LogP contribution in [0.4, 0.5) is 17.2 Å². The number of hydrogen-bond donors (Lipinski definition) is 2. The average molecular weight is 351 g/mol. The summed E-state index contributed by atoms with van der Waals surface area (Å²) in [4.78, 5) is 14.1. The maximum atomic E-state index is 5.35. The quantitative estimate of drug-likeness (QED) is 0.561. The van der Waals surface area contributed by atoms with Gasteiger partial charge < -0.3 is 15.4 Å². The standard InChI is InChI=1S/C18H17N5OS/c1-2-24-16-6-4-13(11-22-16)21-10-12-3-5-15-14(9-12)23-17-18(25-15)20-8-7-19-17/h3-9,11,21H,2,10H2,1H3,(H,19,23). The highest BCUT2D eigenvalue weighted by Gasteiger charge is 2.17. The number of pyridine rings is 1. The second-order valence-corrected chi connectivity index (χ2v) is 6.47. The van der Waals surface area contributed by atoms with E-state index in [1.807, 2.05) is 19.1 Å². The molecule has 0 aliphatic carbocycles. The lowest BCUT2D eigenvalue weighted by atomic mass is 10.2. The molecule has 0 fully saturated rings. The van der Waals surface area contributed by atoms with Crippen LogP contribution in [0.1, 0.15) is 12.5 Å². The lowest BCUT2D eigenvalue weighted by molar-refractivity contribution is 0.327. The largest absolute Gasteiger partial charge is 0.478 e. The van der Waals surface area contributed by atoms with E-state index >= 15 is 0 Å². The van der Waals surface area contributed by atoms with Crippen LogP contribution < -0.4 is 15.4 Å². The van der Waals surface area contributed by atoms with E-state index in [4.69, 9.17) is 4.74 Å². The van der Waals surface area contributed by atoms with Gasteiger partial charge in [0.05, 0.1) is 24.2 Å². The zero-order valence-electron chi connectivity index (χ0n) is 13.7. The molecule has 0 amide bonds. The molecule has 0 unspecified atom stereocenters. The first-order chi connectivity index (χ1) is 12.3. The fraction of sp³-hybridized carbons (Fsp3) is 0.167. The number of fused-ring (bicyclic) bond motifs is 2. The van der Waals surface area contributed by atoms with Crippen molar-refractivity contribution in [2.75, 3.05) is 17.2 Å². The van der Waals surface area contributed by atoms with E-state index in [-0.39, 0.29) is 0 Å². The third-order valence-corrected chi connectivity index (χ3v) is 4.76. The molecule has 4 rings (SSSR count). The van der Waals surface area contributed by atoms with Crippen LogP contribution in [0.3, 0.4) is 0 Å². The number of nitrogens with one attached hydrogen (secondary N) is 2. The molecule has 0 radical (unpaired) electrons. The SMILES string of the molecule is CCOc1ccc(NCc2ccc3c(c2)Nc2nccnc2S3)cn1. The van der Waals surface area contributed by atoms with Gasteiger partial charge in [-0.05, 0) is 30.7 Å². The Hall–Kier alpha value is -2.80. The summed E-state index contributed by atoms with van der Waals surface area (Å²) in [6, 6.07) is 10.2. The van der Waals surface area contributed by atoms with Gasteiger partial charge in [-0.15, -0.1) is 0 Å². The monoisotopic (exact) mass is 351 g/mol. The number of anilines is 3. The smallest absolute Gasteiger partial charge is 0.213 e. The van der Waals surface area contributed by atoms with Gasteiger partial charge in [0, 0.05) is 29.9 Å². The van der Waals surface area contributed by atoms with Crippen LogP contribution in [0.25, 0.3) is 0 Å². The fourth-order valence-electron chi connectivity index (χ4n) is 2.51. The number of rotatable bonds is 5. The lowest BCUT2D eigenvalue weighted by Gasteiger charge is -2.19. The number of aromatic nitrogens is 3. The van der Waals surface area contributed by atoms with Crippen LogP contribution in [0, 0.1) is 0 Å². The van der Waals surface area contributed by atoms with Crippen LogP contribution in [0.5, 0.6) is 5.88 Å². The van der Waals surface area contributed by atoms with Gasteiger partial charge in [-0.25, -0.2) is 15.0 Å². The molecule has 2 N–H and O–H groups in total. The summed E-state index contributed by atoms with van der Waals surface area (Å²) in [5.74, 6) is 1.45. The lowest BCUT2D eigenvalue weighted by Crippen LogP contribution is -2.05. The van der Waals surface area contributed by atoms with Crippen LogP contribution in [-0.4, -0.2) is 21.6 Å². The summed E-state index contributed by atoms with van der Waals surface area (Å²) in [6.07, 6.45) is 5.19. The number of nitrogens with zero attached hydrogens (tertiary/aromatic N) is 3. The Morgan fingerprint density at radius 3 is 2.88 bits per heavy atom. The summed E-state index contributed by atoms with van der Waals surface area (Å²) >= 11 is 1.63. The highest BCUT2D eigenvalue weighted by molar-refractivity contribution is 7.99. The van der Waals surface area contributed by atoms with Gasteiger partial charge in [0.2, 0.25) is 5.88 Å². The number of hydrogen-bond acceptors (Lipinski definition) is 7. The maximum Gasteiger partial charge on any atom is 0.213 e. The van der Waals surface area contributed by atoms with Crippen molar-refractivity contribution in [3.05, 3.63) is 54.5 Å². The summed E-state index contributed by atoms with van der Waals surface area (Å²) in [6.45, 7) is 3.27. The van der Waals surface area contributed by atoms with Crippen molar-refractivity contribution in [3.8, 4) is 5.88 Å². The normalized spacial score (nSPS) is 11.9. The Morgan fingerprint density at radius 1 is 1.12 bits per heavy atom. The Morgan fingerprint density at radius 2 is 2.04 bits per heavy atom. The van der Waals surface area contributed by atoms with Crippen molar-refractivity contribution in [1.29, 1.82) is 0 Å². The zero-order valence-corrected chi connectivity index (χ0v) is 14.5. The van der Waals surface area contributed by atoms with E-state index in [1.54, 1.807) is 30.4 Å². The van der Waals surface area contributed by atoms with Crippen LogP contribution in [-0.2, 0) is 6.54 Å². The first-order valence-electron chi connectivity index (χ1n) is 8.03. The van der Waals surface area contributed by atoms with E-state index in [0.29, 0.717) is 19.0 Å². The molecule has 25 heavy (non-hydrogen) atoms. The summed E-state index contributed by atoms with van der Waals surface area (Å²) < 4.78 is 5.35. The molecule has 1 aliphatic rings. The van der Waals surface area contributed by atoms with Crippen LogP contribution >= 0.6 is 11.8 Å². The molecule has 0 saturated heterocycles. The second kappa shape index (κ2) is 6.98. The van der Waals surface area contributed by atoms with Gasteiger partial charge in [0.25, 0.3) is 0 Å². The minimum atomic E-state index is 0.618. The van der Waals surface area contributed by atoms with Gasteiger partial charge in [-0.3, -0.25) is 0 Å². The Labute approximate surface area is 150 Å². The molecular weight excluding hydrogens is 334 g/mol. The molecule has 1 aromatic carbocycles. The molecule has 126 valence electrons. The molecule has 0 atom stereocenters. The molecule has 0 saturated carbocycles. The van der Waals surface area contributed by atoms with Gasteiger partial charge >= 0.3 is 0 Å². The van der Waals surface area contributed by atoms with Gasteiger partial charge in [0.15, 0.2) is 5.82 Å². The zero-order chi connectivity index (χ0) is 17.1. The first kappa shape index (κ1) is 15.7. The third kappa shape index (κ3) is 3.51. The van der Waals surface area contributed by atoms with Crippen LogP contribution in [0.2, 0.25) is 0 Å². The number of ether oxygens (including phenoxy) is 1. The van der Waals surface area contributed by atoms with Crippen LogP contribution in [0.15, 0.2) is 58.8 Å². The Kier molecular flexibility index (Phi) is 4.39. The topological polar surface area (TPSA) is 72.0 Å². The van der Waals surface area contributed by atoms with E-state index in [1.165, 1.54) is 5.56 Å². The summed E-state index contributed by atoms with van der Waals surface area (Å²) in [7, 11) is 0. The predicted molar refractivity (Wildman–Crippen MR) is 98.6 cm³/mol. The maximum absolute atomic E-state index is 5.35. The van der Waals surface area contributed by atoms with Crippen molar-refractivity contribution < 1.29 is 4.74 Å². The molecule has 1 aliphatic heterocycles. The molecule has 6 nitrogen and oxygen atoms in total. The van der Waals surface area contributed by atoms with Crippen molar-refractivity contribution in [2.45, 2.75) is 23.4 Å². The summed E-state index contributed by atoms with van der Waals surface area (Å²) in [5.41, 5.74) is 3.19. The molecule has 2 aromatic heterocycles. The summed E-state index contributed by atoms with van der Waals surface area (Å²) in [5, 5.41) is 7.63. The van der Waals surface area contributed by atoms with E-state index in [0.717, 1.165) is 27.1 Å². The molecule has 3 aromatic rings. The number of benzene rings is 1. The van der Waals surface area contributed by atoms with E-state index in [2.05, 4.69) is 43.8 Å². The fourth-order valence-corrected chi connectivity index (χ4v) is 3.39.